The van der Waals surface area contributed by atoms with E-state index >= 15 is 0 Å². The lowest BCUT2D eigenvalue weighted by Gasteiger charge is -2.38. The molecule has 3 amide bonds. The van der Waals surface area contributed by atoms with Gasteiger partial charge in [-0.25, -0.2) is 4.79 Å². The number of nitrogens with one attached hydrogen (secondary N) is 1. The van der Waals surface area contributed by atoms with Crippen molar-refractivity contribution in [2.45, 2.75) is 72.0 Å². The molecular formula is C26H36ClN3O3S. The number of thiophene rings is 1. The normalized spacial score (nSPS) is 16.6. The van der Waals surface area contributed by atoms with E-state index in [9.17, 15) is 9.59 Å². The summed E-state index contributed by atoms with van der Waals surface area (Å²) < 4.78 is 6.13. The van der Waals surface area contributed by atoms with Crippen LogP contribution in [-0.2, 0) is 11.2 Å². The summed E-state index contributed by atoms with van der Waals surface area (Å²) in [7, 11) is 0. The summed E-state index contributed by atoms with van der Waals surface area (Å²) in [6.45, 7) is 12.7. The molecule has 34 heavy (non-hydrogen) atoms. The van der Waals surface area contributed by atoms with Crippen molar-refractivity contribution in [3.8, 4) is 5.75 Å². The molecule has 6 nitrogen and oxygen atoms in total. The van der Waals surface area contributed by atoms with Gasteiger partial charge in [-0.1, -0.05) is 18.5 Å². The summed E-state index contributed by atoms with van der Waals surface area (Å²) >= 11 is 7.87. The van der Waals surface area contributed by atoms with Gasteiger partial charge in [-0.2, -0.15) is 0 Å². The van der Waals surface area contributed by atoms with Crippen molar-refractivity contribution in [2.24, 2.45) is 0 Å². The summed E-state index contributed by atoms with van der Waals surface area (Å²) in [5.74, 6) is 0.657. The van der Waals surface area contributed by atoms with Gasteiger partial charge in [0.15, 0.2) is 0 Å². The quantitative estimate of drug-likeness (QED) is 0.515. The molecule has 8 heteroatoms. The maximum atomic E-state index is 13.6. The molecular weight excluding hydrogens is 470 g/mol. The molecule has 2 unspecified atom stereocenters. The van der Waals surface area contributed by atoms with Crippen molar-refractivity contribution >= 4 is 34.9 Å². The molecule has 0 fully saturated rings. The van der Waals surface area contributed by atoms with E-state index in [1.54, 1.807) is 16.2 Å². The van der Waals surface area contributed by atoms with E-state index in [4.69, 9.17) is 16.3 Å². The summed E-state index contributed by atoms with van der Waals surface area (Å²) in [6, 6.07) is 7.19. The van der Waals surface area contributed by atoms with Gasteiger partial charge in [-0.3, -0.25) is 4.79 Å². The molecule has 186 valence electrons. The minimum Gasteiger partial charge on any atom is -0.491 e. The van der Waals surface area contributed by atoms with Crippen molar-refractivity contribution in [3.63, 3.8) is 0 Å². The standard InChI is InChI=1S/C26H36ClN3O3S/c1-7-18(3)30(25(32)28-26(4,5)6)15-24(31)29-12-10-23-20(11-13-34-23)22(29)16-33-19-8-9-21(27)17(2)14-19/h8-9,11,13-14,18,22H,7,10,12,15-16H2,1-6H3,(H,28,32). The van der Waals surface area contributed by atoms with Gasteiger partial charge in [0, 0.05) is 28.0 Å². The first-order chi connectivity index (χ1) is 16.0. The minimum absolute atomic E-state index is 0.0347. The summed E-state index contributed by atoms with van der Waals surface area (Å²) in [6.07, 6.45) is 1.58. The Morgan fingerprint density at radius 2 is 2.06 bits per heavy atom. The van der Waals surface area contributed by atoms with Crippen molar-refractivity contribution in [1.29, 1.82) is 0 Å². The number of halogens is 1. The number of rotatable bonds is 7. The molecule has 0 saturated carbocycles. The Balaban J connectivity index is 1.79. The molecule has 1 N–H and O–H groups in total. The van der Waals surface area contributed by atoms with Crippen molar-refractivity contribution in [3.05, 3.63) is 50.7 Å². The average molecular weight is 506 g/mol. The van der Waals surface area contributed by atoms with Gasteiger partial charge in [0.2, 0.25) is 5.91 Å². The Bertz CT molecular complexity index is 1020. The molecule has 0 spiro atoms. The van der Waals surface area contributed by atoms with E-state index in [1.807, 2.05) is 64.6 Å². The monoisotopic (exact) mass is 505 g/mol. The first-order valence-corrected chi connectivity index (χ1v) is 13.1. The first kappa shape index (κ1) is 26.4. The largest absolute Gasteiger partial charge is 0.491 e. The van der Waals surface area contributed by atoms with E-state index < -0.39 is 0 Å². The summed E-state index contributed by atoms with van der Waals surface area (Å²) in [5.41, 5.74) is 1.70. The number of aryl methyl sites for hydroxylation is 1. The zero-order valence-corrected chi connectivity index (χ0v) is 22.6. The summed E-state index contributed by atoms with van der Waals surface area (Å²) in [4.78, 5) is 31.4. The highest BCUT2D eigenvalue weighted by Gasteiger charge is 2.34. The van der Waals surface area contributed by atoms with Crippen molar-refractivity contribution < 1.29 is 14.3 Å². The van der Waals surface area contributed by atoms with E-state index in [1.165, 1.54) is 4.88 Å². The number of hydrogen-bond donors (Lipinski definition) is 1. The molecule has 0 radical (unpaired) electrons. The van der Waals surface area contributed by atoms with Crippen LogP contribution in [0.5, 0.6) is 5.75 Å². The fraction of sp³-hybridized carbons (Fsp3) is 0.538. The van der Waals surface area contributed by atoms with Gasteiger partial charge in [-0.05, 0) is 88.2 Å². The van der Waals surface area contributed by atoms with Gasteiger partial charge < -0.3 is 19.9 Å². The number of benzene rings is 1. The molecule has 1 aliphatic heterocycles. The van der Waals surface area contributed by atoms with Gasteiger partial charge in [0.05, 0.1) is 6.04 Å². The van der Waals surface area contributed by atoms with Crippen molar-refractivity contribution in [2.75, 3.05) is 19.7 Å². The molecule has 2 heterocycles. The Morgan fingerprint density at radius 1 is 1.32 bits per heavy atom. The van der Waals surface area contributed by atoms with Crippen LogP contribution in [-0.4, -0.2) is 53.0 Å². The molecule has 3 rings (SSSR count). The highest BCUT2D eigenvalue weighted by atomic mass is 35.5. The third-order valence-corrected chi connectivity index (χ3v) is 7.54. The van der Waals surface area contributed by atoms with Crippen LogP contribution in [0.4, 0.5) is 4.79 Å². The second-order valence-corrected chi connectivity index (χ2v) is 11.3. The zero-order chi connectivity index (χ0) is 25.0. The van der Waals surface area contributed by atoms with E-state index in [2.05, 4.69) is 16.8 Å². The Labute approximate surface area is 212 Å². The highest BCUT2D eigenvalue weighted by molar-refractivity contribution is 7.10. The van der Waals surface area contributed by atoms with Gasteiger partial charge in [-0.15, -0.1) is 11.3 Å². The SMILES string of the molecule is CCC(C)N(CC(=O)N1CCc2sccc2C1COc1ccc(Cl)c(C)c1)C(=O)NC(C)(C)C. The van der Waals surface area contributed by atoms with Crippen LogP contribution < -0.4 is 10.1 Å². The molecule has 1 aliphatic rings. The second kappa shape index (κ2) is 11.0. The number of fused-ring (bicyclic) bond motifs is 1. The van der Waals surface area contributed by atoms with Crippen LogP contribution >= 0.6 is 22.9 Å². The third-order valence-electron chi connectivity index (χ3n) is 6.12. The fourth-order valence-corrected chi connectivity index (χ4v) is 5.08. The van der Waals surface area contributed by atoms with Crippen LogP contribution in [0, 0.1) is 6.92 Å². The molecule has 1 aromatic carbocycles. The first-order valence-electron chi connectivity index (χ1n) is 11.8. The Hall–Kier alpha value is -2.25. The smallest absolute Gasteiger partial charge is 0.318 e. The molecule has 0 saturated heterocycles. The van der Waals surface area contributed by atoms with Gasteiger partial charge in [0.25, 0.3) is 0 Å². The van der Waals surface area contributed by atoms with Crippen LogP contribution in [0.3, 0.4) is 0 Å². The summed E-state index contributed by atoms with van der Waals surface area (Å²) in [5, 5.41) is 5.77. The zero-order valence-electron chi connectivity index (χ0n) is 21.0. The second-order valence-electron chi connectivity index (χ2n) is 9.94. The van der Waals surface area contributed by atoms with Crippen LogP contribution in [0.25, 0.3) is 0 Å². The highest BCUT2D eigenvalue weighted by Crippen LogP contribution is 2.34. The average Bonchev–Trinajstić information content (AvgIpc) is 3.25. The number of hydrogen-bond acceptors (Lipinski definition) is 4. The van der Waals surface area contributed by atoms with Gasteiger partial charge in [0.1, 0.15) is 18.9 Å². The third kappa shape index (κ3) is 6.45. The number of carbonyl (C=O) groups excluding carboxylic acids is 2. The molecule has 0 bridgehead atoms. The number of urea groups is 1. The van der Waals surface area contributed by atoms with Crippen LogP contribution in [0.15, 0.2) is 29.6 Å². The molecule has 2 aromatic rings. The van der Waals surface area contributed by atoms with Crippen LogP contribution in [0.1, 0.15) is 63.1 Å². The predicted molar refractivity (Wildman–Crippen MR) is 139 cm³/mol. The van der Waals surface area contributed by atoms with Gasteiger partial charge >= 0.3 is 6.03 Å². The Morgan fingerprint density at radius 3 is 2.71 bits per heavy atom. The lowest BCUT2D eigenvalue weighted by atomic mass is 10.00. The lowest BCUT2D eigenvalue weighted by Crippen LogP contribution is -2.55. The maximum absolute atomic E-state index is 13.6. The van der Waals surface area contributed by atoms with E-state index in [0.29, 0.717) is 18.2 Å². The minimum atomic E-state index is -0.379. The molecule has 1 aromatic heterocycles. The molecule has 0 aliphatic carbocycles. The van der Waals surface area contributed by atoms with Crippen molar-refractivity contribution in [1.82, 2.24) is 15.1 Å². The molecule has 2 atom stereocenters. The van der Waals surface area contributed by atoms with E-state index in [0.717, 1.165) is 29.7 Å². The topological polar surface area (TPSA) is 61.9 Å². The number of amides is 3. The fourth-order valence-electron chi connectivity index (χ4n) is 4.03. The number of nitrogens with zero attached hydrogens (tertiary/aromatic N) is 2. The van der Waals surface area contributed by atoms with Crippen LogP contribution in [0.2, 0.25) is 5.02 Å². The number of ether oxygens (including phenoxy) is 1. The number of carbonyl (C=O) groups is 2. The predicted octanol–water partition coefficient (Wildman–Crippen LogP) is 5.82. The maximum Gasteiger partial charge on any atom is 0.318 e. The Kier molecular flexibility index (Phi) is 8.52. The lowest BCUT2D eigenvalue weighted by molar-refractivity contribution is -0.136. The van der Waals surface area contributed by atoms with E-state index in [-0.39, 0.29) is 36.1 Å².